The molecule has 1 amide bonds. The summed E-state index contributed by atoms with van der Waals surface area (Å²) in [7, 11) is 1.73. The fourth-order valence-corrected chi connectivity index (χ4v) is 2.77. The van der Waals surface area contributed by atoms with Crippen LogP contribution >= 0.6 is 0 Å². The highest BCUT2D eigenvalue weighted by Gasteiger charge is 2.41. The number of piperazine rings is 1. The lowest BCUT2D eigenvalue weighted by atomic mass is 9.77. The van der Waals surface area contributed by atoms with Crippen molar-refractivity contribution >= 4 is 5.91 Å². The zero-order valence-electron chi connectivity index (χ0n) is 11.2. The highest BCUT2D eigenvalue weighted by atomic mass is 16.5. The largest absolute Gasteiger partial charge is 0.378 e. The Bertz CT molecular complexity index is 284. The third-order valence-electron chi connectivity index (χ3n) is 4.26. The van der Waals surface area contributed by atoms with Crippen LogP contribution in [0, 0.1) is 0 Å². The van der Waals surface area contributed by atoms with Gasteiger partial charge in [-0.1, -0.05) is 0 Å². The van der Waals surface area contributed by atoms with Gasteiger partial charge >= 0.3 is 0 Å². The first kappa shape index (κ1) is 12.8. The molecule has 2 unspecified atom stereocenters. The number of hydrogen-bond donors (Lipinski definition) is 1. The molecule has 1 heterocycles. The van der Waals surface area contributed by atoms with E-state index in [2.05, 4.69) is 19.2 Å². The van der Waals surface area contributed by atoms with Crippen LogP contribution in [0.15, 0.2) is 0 Å². The van der Waals surface area contributed by atoms with E-state index < -0.39 is 0 Å². The lowest BCUT2D eigenvalue weighted by Gasteiger charge is -2.43. The molecule has 0 aromatic rings. The van der Waals surface area contributed by atoms with Gasteiger partial charge in [-0.05, 0) is 33.1 Å². The van der Waals surface area contributed by atoms with Gasteiger partial charge in [0.25, 0.3) is 0 Å². The van der Waals surface area contributed by atoms with Gasteiger partial charge in [0.15, 0.2) is 0 Å². The van der Waals surface area contributed by atoms with Crippen LogP contribution < -0.4 is 5.32 Å². The number of hydrogen-bond acceptors (Lipinski definition) is 3. The van der Waals surface area contributed by atoms with Crippen molar-refractivity contribution in [3.8, 4) is 0 Å². The van der Waals surface area contributed by atoms with E-state index >= 15 is 0 Å². The van der Waals surface area contributed by atoms with Gasteiger partial charge in [0.05, 0.1) is 12.0 Å². The lowest BCUT2D eigenvalue weighted by molar-refractivity contribution is -0.147. The Kier molecular flexibility index (Phi) is 3.73. The Morgan fingerprint density at radius 3 is 2.71 bits per heavy atom. The van der Waals surface area contributed by atoms with Gasteiger partial charge in [-0.2, -0.15) is 0 Å². The molecular weight excluding hydrogens is 216 g/mol. The Morgan fingerprint density at radius 1 is 1.47 bits per heavy atom. The third-order valence-corrected chi connectivity index (χ3v) is 4.26. The number of nitrogens with one attached hydrogen (secondary N) is 1. The highest BCUT2D eigenvalue weighted by Crippen LogP contribution is 2.38. The number of ether oxygens (including phenoxy) is 1. The Balaban J connectivity index is 1.94. The summed E-state index contributed by atoms with van der Waals surface area (Å²) in [6, 6.07) is 0.697. The predicted octanol–water partition coefficient (Wildman–Crippen LogP) is 1.15. The first-order chi connectivity index (χ1) is 8.06. The molecule has 2 fully saturated rings. The Labute approximate surface area is 104 Å². The van der Waals surface area contributed by atoms with Crippen LogP contribution in [0.5, 0.6) is 0 Å². The Morgan fingerprint density at radius 2 is 2.18 bits per heavy atom. The molecule has 1 saturated carbocycles. The summed E-state index contributed by atoms with van der Waals surface area (Å²) in [5, 5.41) is 3.40. The van der Waals surface area contributed by atoms with Crippen molar-refractivity contribution in [3.05, 3.63) is 0 Å². The van der Waals surface area contributed by atoms with Gasteiger partial charge in [-0.15, -0.1) is 0 Å². The fourth-order valence-electron chi connectivity index (χ4n) is 2.77. The molecule has 2 rings (SSSR count). The van der Waals surface area contributed by atoms with Crippen molar-refractivity contribution in [1.29, 1.82) is 0 Å². The molecule has 1 aliphatic heterocycles. The van der Waals surface area contributed by atoms with Gasteiger partial charge < -0.3 is 15.0 Å². The number of nitrogens with zero attached hydrogens (tertiary/aromatic N) is 1. The second kappa shape index (κ2) is 4.94. The molecular formula is C13H24N2O2. The minimum atomic E-state index is -0.148. The normalized spacial score (nSPS) is 32.1. The summed E-state index contributed by atoms with van der Waals surface area (Å²) in [5.74, 6) is 0.257. The quantitative estimate of drug-likeness (QED) is 0.804. The second-order valence-electron chi connectivity index (χ2n) is 5.62. The molecule has 17 heavy (non-hydrogen) atoms. The van der Waals surface area contributed by atoms with Crippen LogP contribution in [-0.4, -0.2) is 48.7 Å². The maximum Gasteiger partial charge on any atom is 0.225 e. The number of carbonyl (C=O) groups excluding carboxylic acids is 1. The molecule has 0 aromatic heterocycles. The molecule has 4 heteroatoms. The number of carbonyl (C=O) groups is 1. The SMILES string of the molecule is COC1(CC(=O)N2CC(C)NCC2C)CCC1. The van der Waals surface area contributed by atoms with Crippen LogP contribution in [-0.2, 0) is 9.53 Å². The maximum atomic E-state index is 12.3. The van der Waals surface area contributed by atoms with E-state index in [-0.39, 0.29) is 11.5 Å². The number of rotatable bonds is 3. The van der Waals surface area contributed by atoms with Crippen LogP contribution in [0.4, 0.5) is 0 Å². The van der Waals surface area contributed by atoms with Crippen LogP contribution in [0.1, 0.15) is 39.5 Å². The average Bonchev–Trinajstić information content (AvgIpc) is 2.26. The molecule has 0 aromatic carbocycles. The Hall–Kier alpha value is -0.610. The van der Waals surface area contributed by atoms with E-state index in [9.17, 15) is 4.79 Å². The van der Waals surface area contributed by atoms with Crippen LogP contribution in [0.2, 0.25) is 0 Å². The molecule has 98 valence electrons. The predicted molar refractivity (Wildman–Crippen MR) is 66.8 cm³/mol. The molecule has 2 aliphatic rings. The van der Waals surface area contributed by atoms with Crippen molar-refractivity contribution in [2.45, 2.75) is 57.2 Å². The average molecular weight is 240 g/mol. The summed E-state index contributed by atoms with van der Waals surface area (Å²) >= 11 is 0. The lowest BCUT2D eigenvalue weighted by Crippen LogP contribution is -2.57. The summed E-state index contributed by atoms with van der Waals surface area (Å²) < 4.78 is 5.53. The molecule has 0 spiro atoms. The van der Waals surface area contributed by atoms with E-state index in [0.29, 0.717) is 18.5 Å². The van der Waals surface area contributed by atoms with Gasteiger partial charge in [0.2, 0.25) is 5.91 Å². The first-order valence-corrected chi connectivity index (χ1v) is 6.64. The molecule has 1 aliphatic carbocycles. The van der Waals surface area contributed by atoms with Crippen molar-refractivity contribution < 1.29 is 9.53 Å². The highest BCUT2D eigenvalue weighted by molar-refractivity contribution is 5.78. The van der Waals surface area contributed by atoms with Gasteiger partial charge in [-0.3, -0.25) is 4.79 Å². The van der Waals surface area contributed by atoms with E-state index in [0.717, 1.165) is 25.9 Å². The topological polar surface area (TPSA) is 41.6 Å². The van der Waals surface area contributed by atoms with Crippen molar-refractivity contribution in [2.24, 2.45) is 0 Å². The molecule has 1 saturated heterocycles. The summed E-state index contributed by atoms with van der Waals surface area (Å²) in [6.07, 6.45) is 3.81. The van der Waals surface area contributed by atoms with Crippen LogP contribution in [0.3, 0.4) is 0 Å². The zero-order chi connectivity index (χ0) is 12.5. The zero-order valence-corrected chi connectivity index (χ0v) is 11.2. The fraction of sp³-hybridized carbons (Fsp3) is 0.923. The van der Waals surface area contributed by atoms with Gasteiger partial charge in [-0.25, -0.2) is 0 Å². The van der Waals surface area contributed by atoms with E-state index in [1.165, 1.54) is 6.42 Å². The monoisotopic (exact) mass is 240 g/mol. The summed E-state index contributed by atoms with van der Waals surface area (Å²) in [4.78, 5) is 14.4. The standard InChI is InChI=1S/C13H24N2O2/c1-10-9-15(11(2)8-14-10)12(16)7-13(17-3)5-4-6-13/h10-11,14H,4-9H2,1-3H3. The van der Waals surface area contributed by atoms with Gasteiger partial charge in [0.1, 0.15) is 0 Å². The van der Waals surface area contributed by atoms with Crippen molar-refractivity contribution in [1.82, 2.24) is 10.2 Å². The maximum absolute atomic E-state index is 12.3. The first-order valence-electron chi connectivity index (χ1n) is 6.64. The van der Waals surface area contributed by atoms with E-state index in [1.54, 1.807) is 7.11 Å². The number of amides is 1. The molecule has 1 N–H and O–H groups in total. The molecule has 2 atom stereocenters. The number of methoxy groups -OCH3 is 1. The molecule has 0 bridgehead atoms. The molecule has 4 nitrogen and oxygen atoms in total. The van der Waals surface area contributed by atoms with Crippen molar-refractivity contribution in [3.63, 3.8) is 0 Å². The van der Waals surface area contributed by atoms with E-state index in [4.69, 9.17) is 4.74 Å². The minimum absolute atomic E-state index is 0.148. The summed E-state index contributed by atoms with van der Waals surface area (Å²) in [6.45, 7) is 5.95. The summed E-state index contributed by atoms with van der Waals surface area (Å²) in [5.41, 5.74) is -0.148. The van der Waals surface area contributed by atoms with Gasteiger partial charge in [0, 0.05) is 32.3 Å². The van der Waals surface area contributed by atoms with Crippen LogP contribution in [0.25, 0.3) is 0 Å². The second-order valence-corrected chi connectivity index (χ2v) is 5.62. The minimum Gasteiger partial charge on any atom is -0.378 e. The molecule has 0 radical (unpaired) electrons. The van der Waals surface area contributed by atoms with E-state index in [1.807, 2.05) is 4.90 Å². The smallest absolute Gasteiger partial charge is 0.225 e. The third kappa shape index (κ3) is 2.63. The van der Waals surface area contributed by atoms with Crippen molar-refractivity contribution in [2.75, 3.05) is 20.2 Å².